The van der Waals surface area contributed by atoms with E-state index in [-0.39, 0.29) is 26.2 Å². The third-order valence-electron chi connectivity index (χ3n) is 4.54. The third kappa shape index (κ3) is 20.7. The van der Waals surface area contributed by atoms with E-state index in [9.17, 15) is 19.0 Å². The van der Waals surface area contributed by atoms with Crippen molar-refractivity contribution in [1.82, 2.24) is 0 Å². The van der Waals surface area contributed by atoms with Crippen LogP contribution in [-0.4, -0.2) is 49.3 Å². The van der Waals surface area contributed by atoms with Gasteiger partial charge in [-0.2, -0.15) is 0 Å². The van der Waals surface area contributed by atoms with E-state index in [2.05, 4.69) is 11.4 Å². The molecule has 0 aliphatic carbocycles. The van der Waals surface area contributed by atoms with Crippen molar-refractivity contribution in [1.29, 1.82) is 0 Å². The average Bonchev–Trinajstić information content (AvgIpc) is 2.72. The van der Waals surface area contributed by atoms with Gasteiger partial charge >= 0.3 is 19.8 Å². The summed E-state index contributed by atoms with van der Waals surface area (Å²) in [7, 11) is -4.31. The molecule has 0 radical (unpaired) electrons. The fraction of sp³-hybridized carbons (Fsp3) is 0.905. The van der Waals surface area contributed by atoms with E-state index in [4.69, 9.17) is 19.7 Å². The standard InChI is InChI=1S/C21H42NO8P/c1-3-4-5-6-7-8-9-10-11-12-13-14-21(24)27-17-20(30-19(2)23)18-29-31(25,26)28-16-15-22/h20H,3-18,22H2,1-2H3,(H,25,26)/t20-/m1/s1. The van der Waals surface area contributed by atoms with Gasteiger partial charge in [0, 0.05) is 19.9 Å². The van der Waals surface area contributed by atoms with Crippen molar-refractivity contribution >= 4 is 19.8 Å². The van der Waals surface area contributed by atoms with Gasteiger partial charge in [0.15, 0.2) is 6.10 Å². The highest BCUT2D eigenvalue weighted by Gasteiger charge is 2.25. The Hall–Kier alpha value is -0.990. The second-order valence-electron chi connectivity index (χ2n) is 7.59. The average molecular weight is 468 g/mol. The van der Waals surface area contributed by atoms with E-state index in [0.717, 1.165) is 19.3 Å². The first-order chi connectivity index (χ1) is 14.8. The highest BCUT2D eigenvalue weighted by molar-refractivity contribution is 7.47. The maximum Gasteiger partial charge on any atom is 0.472 e. The zero-order valence-electron chi connectivity index (χ0n) is 19.2. The van der Waals surface area contributed by atoms with Crippen LogP contribution in [0.3, 0.4) is 0 Å². The lowest BCUT2D eigenvalue weighted by Gasteiger charge is -2.19. The molecule has 0 bridgehead atoms. The largest absolute Gasteiger partial charge is 0.472 e. The van der Waals surface area contributed by atoms with E-state index >= 15 is 0 Å². The maximum atomic E-state index is 11.9. The molecule has 184 valence electrons. The Labute approximate surface area is 186 Å². The molecule has 1 unspecified atom stereocenters. The predicted molar refractivity (Wildman–Crippen MR) is 118 cm³/mol. The first-order valence-electron chi connectivity index (χ1n) is 11.5. The number of esters is 2. The van der Waals surface area contributed by atoms with E-state index < -0.39 is 32.5 Å². The van der Waals surface area contributed by atoms with Crippen LogP contribution in [0.1, 0.15) is 90.9 Å². The SMILES string of the molecule is CCCCCCCCCCCCCC(=O)OC[C@H](COP(=O)(O)OCCN)OC(C)=O. The quantitative estimate of drug-likeness (QED) is 0.144. The summed E-state index contributed by atoms with van der Waals surface area (Å²) >= 11 is 0. The Bertz CT molecular complexity index is 518. The van der Waals surface area contributed by atoms with Crippen LogP contribution in [0.4, 0.5) is 0 Å². The number of unbranched alkanes of at least 4 members (excludes halogenated alkanes) is 10. The minimum Gasteiger partial charge on any atom is -0.462 e. The van der Waals surface area contributed by atoms with Gasteiger partial charge in [-0.1, -0.05) is 71.1 Å². The fourth-order valence-electron chi connectivity index (χ4n) is 2.93. The maximum absolute atomic E-state index is 11.9. The fourth-order valence-corrected chi connectivity index (χ4v) is 3.69. The monoisotopic (exact) mass is 467 g/mol. The van der Waals surface area contributed by atoms with Crippen molar-refractivity contribution in [2.75, 3.05) is 26.4 Å². The van der Waals surface area contributed by atoms with Crippen molar-refractivity contribution in [2.45, 2.75) is 97.0 Å². The van der Waals surface area contributed by atoms with Crippen LogP contribution in [-0.2, 0) is 32.7 Å². The molecule has 0 saturated heterocycles. The highest BCUT2D eigenvalue weighted by atomic mass is 31.2. The van der Waals surface area contributed by atoms with Gasteiger partial charge in [0.2, 0.25) is 0 Å². The zero-order valence-corrected chi connectivity index (χ0v) is 20.1. The molecular formula is C21H42NO8P. The van der Waals surface area contributed by atoms with E-state index in [1.165, 1.54) is 58.3 Å². The van der Waals surface area contributed by atoms with Gasteiger partial charge in [-0.15, -0.1) is 0 Å². The molecule has 31 heavy (non-hydrogen) atoms. The Morgan fingerprint density at radius 2 is 1.45 bits per heavy atom. The Morgan fingerprint density at radius 1 is 0.903 bits per heavy atom. The molecule has 10 heteroatoms. The number of phosphoric ester groups is 1. The number of hydrogen-bond acceptors (Lipinski definition) is 8. The van der Waals surface area contributed by atoms with Crippen molar-refractivity contribution in [3.63, 3.8) is 0 Å². The topological polar surface area (TPSA) is 134 Å². The molecule has 9 nitrogen and oxygen atoms in total. The van der Waals surface area contributed by atoms with Gasteiger partial charge in [0.05, 0.1) is 13.2 Å². The van der Waals surface area contributed by atoms with E-state index in [1.54, 1.807) is 0 Å². The number of ether oxygens (including phenoxy) is 2. The lowest BCUT2D eigenvalue weighted by molar-refractivity contribution is -0.159. The molecule has 0 aromatic rings. The molecule has 0 amide bonds. The van der Waals surface area contributed by atoms with Gasteiger partial charge < -0.3 is 20.1 Å². The van der Waals surface area contributed by atoms with E-state index in [1.807, 2.05) is 0 Å². The molecule has 0 spiro atoms. The molecule has 0 heterocycles. The second-order valence-corrected chi connectivity index (χ2v) is 9.04. The molecule has 0 saturated carbocycles. The number of carbonyl (C=O) groups excluding carboxylic acids is 2. The molecule has 0 aromatic carbocycles. The third-order valence-corrected chi connectivity index (χ3v) is 5.53. The van der Waals surface area contributed by atoms with Crippen molar-refractivity contribution < 1.29 is 37.6 Å². The first kappa shape index (κ1) is 30.0. The van der Waals surface area contributed by atoms with Crippen LogP contribution in [0.2, 0.25) is 0 Å². The Balaban J connectivity index is 3.90. The summed E-state index contributed by atoms with van der Waals surface area (Å²) in [6.07, 6.45) is 12.4. The van der Waals surface area contributed by atoms with Crippen molar-refractivity contribution in [2.24, 2.45) is 5.73 Å². The van der Waals surface area contributed by atoms with Gasteiger partial charge in [0.25, 0.3) is 0 Å². The van der Waals surface area contributed by atoms with Gasteiger partial charge in [0.1, 0.15) is 6.61 Å². The summed E-state index contributed by atoms with van der Waals surface area (Å²) in [4.78, 5) is 32.6. The van der Waals surface area contributed by atoms with Gasteiger partial charge in [-0.05, 0) is 6.42 Å². The lowest BCUT2D eigenvalue weighted by atomic mass is 10.1. The van der Waals surface area contributed by atoms with Crippen LogP contribution < -0.4 is 5.73 Å². The normalized spacial score (nSPS) is 14.1. The zero-order chi connectivity index (χ0) is 23.4. The summed E-state index contributed by atoms with van der Waals surface area (Å²) < 4.78 is 31.1. The van der Waals surface area contributed by atoms with Crippen LogP contribution >= 0.6 is 7.82 Å². The predicted octanol–water partition coefficient (Wildman–Crippen LogP) is 4.25. The van der Waals surface area contributed by atoms with E-state index in [0.29, 0.717) is 0 Å². The summed E-state index contributed by atoms with van der Waals surface area (Å²) in [5.41, 5.74) is 5.20. The molecule has 0 aromatic heterocycles. The Kier molecular flexibility index (Phi) is 19.0. The van der Waals surface area contributed by atoms with Gasteiger partial charge in [-0.3, -0.25) is 18.6 Å². The molecular weight excluding hydrogens is 425 g/mol. The first-order valence-corrected chi connectivity index (χ1v) is 12.9. The summed E-state index contributed by atoms with van der Waals surface area (Å²) in [6.45, 7) is 2.61. The Morgan fingerprint density at radius 3 is 1.97 bits per heavy atom. The highest BCUT2D eigenvalue weighted by Crippen LogP contribution is 2.43. The molecule has 3 N–H and O–H groups in total. The lowest BCUT2D eigenvalue weighted by Crippen LogP contribution is -2.28. The van der Waals surface area contributed by atoms with Crippen molar-refractivity contribution in [3.8, 4) is 0 Å². The van der Waals surface area contributed by atoms with Crippen LogP contribution in [0, 0.1) is 0 Å². The molecule has 0 aliphatic rings. The molecule has 2 atom stereocenters. The van der Waals surface area contributed by atoms with Crippen LogP contribution in [0.15, 0.2) is 0 Å². The number of nitrogens with two attached hydrogens (primary N) is 1. The minimum atomic E-state index is -4.31. The smallest absolute Gasteiger partial charge is 0.462 e. The number of rotatable bonds is 21. The van der Waals surface area contributed by atoms with Crippen LogP contribution in [0.5, 0.6) is 0 Å². The molecule has 0 aliphatic heterocycles. The number of hydrogen-bond donors (Lipinski definition) is 2. The minimum absolute atomic E-state index is 0.0535. The summed E-state index contributed by atoms with van der Waals surface area (Å²) in [5, 5.41) is 0. The summed E-state index contributed by atoms with van der Waals surface area (Å²) in [6, 6.07) is 0. The van der Waals surface area contributed by atoms with Crippen LogP contribution in [0.25, 0.3) is 0 Å². The second kappa shape index (κ2) is 19.7. The number of phosphoric acid groups is 1. The van der Waals surface area contributed by atoms with Crippen molar-refractivity contribution in [3.05, 3.63) is 0 Å². The number of carbonyl (C=O) groups is 2. The van der Waals surface area contributed by atoms with Gasteiger partial charge in [-0.25, -0.2) is 4.57 Å². The molecule has 0 fully saturated rings. The molecule has 0 rings (SSSR count). The summed E-state index contributed by atoms with van der Waals surface area (Å²) in [5.74, 6) is -1.02.